The molecule has 2 heterocycles. The Morgan fingerprint density at radius 1 is 1.50 bits per heavy atom. The summed E-state index contributed by atoms with van der Waals surface area (Å²) in [6.45, 7) is 4.36. The molecule has 0 aliphatic carbocycles. The highest BCUT2D eigenvalue weighted by Gasteiger charge is 2.13. The van der Waals surface area contributed by atoms with Crippen LogP contribution >= 0.6 is 11.8 Å². The standard InChI is InChI=1S/C13H18N4O2S/c1-4-11-14-13(16-15-11)20-8-12(18)17(3)7-10-6-5-9(2)19-10/h5-6H,4,7-8H2,1-3H3,(H,14,15,16). The van der Waals surface area contributed by atoms with Gasteiger partial charge in [-0.05, 0) is 19.1 Å². The number of carbonyl (C=O) groups is 1. The van der Waals surface area contributed by atoms with E-state index in [1.807, 2.05) is 26.0 Å². The van der Waals surface area contributed by atoms with E-state index in [2.05, 4.69) is 15.2 Å². The highest BCUT2D eigenvalue weighted by Crippen LogP contribution is 2.14. The van der Waals surface area contributed by atoms with Gasteiger partial charge in [-0.15, -0.1) is 5.10 Å². The second kappa shape index (κ2) is 6.60. The molecule has 1 amide bonds. The first kappa shape index (κ1) is 14.6. The van der Waals surface area contributed by atoms with Crippen LogP contribution < -0.4 is 0 Å². The van der Waals surface area contributed by atoms with Crippen molar-refractivity contribution in [2.24, 2.45) is 0 Å². The number of hydrogen-bond donors (Lipinski definition) is 1. The summed E-state index contributed by atoms with van der Waals surface area (Å²) in [5.41, 5.74) is 0. The average molecular weight is 294 g/mol. The maximum absolute atomic E-state index is 12.0. The summed E-state index contributed by atoms with van der Waals surface area (Å²) < 4.78 is 5.45. The van der Waals surface area contributed by atoms with Gasteiger partial charge in [0.1, 0.15) is 17.3 Å². The van der Waals surface area contributed by atoms with Gasteiger partial charge in [0, 0.05) is 13.5 Å². The lowest BCUT2D eigenvalue weighted by Crippen LogP contribution is -2.27. The molecule has 0 atom stereocenters. The number of nitrogens with zero attached hydrogens (tertiary/aromatic N) is 3. The predicted molar refractivity (Wildman–Crippen MR) is 76.4 cm³/mol. The zero-order valence-corrected chi connectivity index (χ0v) is 12.7. The molecule has 0 unspecified atom stereocenters. The van der Waals surface area contributed by atoms with Crippen molar-refractivity contribution >= 4 is 17.7 Å². The van der Waals surface area contributed by atoms with Gasteiger partial charge in [0.15, 0.2) is 0 Å². The zero-order valence-electron chi connectivity index (χ0n) is 11.8. The van der Waals surface area contributed by atoms with Crippen molar-refractivity contribution in [3.8, 4) is 0 Å². The van der Waals surface area contributed by atoms with Gasteiger partial charge in [0.05, 0.1) is 12.3 Å². The third-order valence-electron chi connectivity index (χ3n) is 2.79. The first-order chi connectivity index (χ1) is 9.58. The molecule has 7 heteroatoms. The lowest BCUT2D eigenvalue weighted by atomic mass is 10.4. The van der Waals surface area contributed by atoms with Gasteiger partial charge in [-0.1, -0.05) is 18.7 Å². The fraction of sp³-hybridized carbons (Fsp3) is 0.462. The summed E-state index contributed by atoms with van der Waals surface area (Å²) in [5.74, 6) is 2.81. The van der Waals surface area contributed by atoms with Crippen LogP contribution in [0.15, 0.2) is 21.7 Å². The van der Waals surface area contributed by atoms with Crippen molar-refractivity contribution in [1.82, 2.24) is 20.1 Å². The number of H-pyrrole nitrogens is 1. The number of furan rings is 1. The van der Waals surface area contributed by atoms with E-state index in [0.29, 0.717) is 17.5 Å². The van der Waals surface area contributed by atoms with Gasteiger partial charge in [-0.3, -0.25) is 9.89 Å². The van der Waals surface area contributed by atoms with E-state index in [1.165, 1.54) is 11.8 Å². The molecule has 20 heavy (non-hydrogen) atoms. The Hall–Kier alpha value is -1.76. The van der Waals surface area contributed by atoms with E-state index in [4.69, 9.17) is 4.42 Å². The Bertz CT molecular complexity index is 578. The summed E-state index contributed by atoms with van der Waals surface area (Å²) in [5, 5.41) is 7.48. The van der Waals surface area contributed by atoms with Crippen molar-refractivity contribution in [3.63, 3.8) is 0 Å². The molecule has 1 N–H and O–H groups in total. The Morgan fingerprint density at radius 2 is 2.30 bits per heavy atom. The lowest BCUT2D eigenvalue weighted by Gasteiger charge is -2.14. The van der Waals surface area contributed by atoms with Crippen LogP contribution in [-0.4, -0.2) is 38.8 Å². The Labute approximate surface area is 121 Å². The second-order valence-corrected chi connectivity index (χ2v) is 5.41. The molecule has 2 rings (SSSR count). The largest absolute Gasteiger partial charge is 0.464 e. The van der Waals surface area contributed by atoms with Gasteiger partial charge in [0.25, 0.3) is 0 Å². The van der Waals surface area contributed by atoms with Gasteiger partial charge in [-0.25, -0.2) is 4.98 Å². The predicted octanol–water partition coefficient (Wildman–Crippen LogP) is 2.02. The third-order valence-corrected chi connectivity index (χ3v) is 3.62. The van der Waals surface area contributed by atoms with Crippen molar-refractivity contribution in [2.45, 2.75) is 32.0 Å². The van der Waals surface area contributed by atoms with Crippen LogP contribution in [0.2, 0.25) is 0 Å². The molecule has 108 valence electrons. The van der Waals surface area contributed by atoms with Gasteiger partial charge >= 0.3 is 0 Å². The molecular weight excluding hydrogens is 276 g/mol. The molecule has 2 aromatic heterocycles. The van der Waals surface area contributed by atoms with Crippen LogP contribution in [0, 0.1) is 6.92 Å². The van der Waals surface area contributed by atoms with Gasteiger partial charge in [-0.2, -0.15) is 0 Å². The summed E-state index contributed by atoms with van der Waals surface area (Å²) in [4.78, 5) is 17.9. The smallest absolute Gasteiger partial charge is 0.233 e. The first-order valence-corrected chi connectivity index (χ1v) is 7.40. The number of aromatic nitrogens is 3. The Morgan fingerprint density at radius 3 is 2.90 bits per heavy atom. The van der Waals surface area contributed by atoms with Crippen molar-refractivity contribution in [2.75, 3.05) is 12.8 Å². The molecule has 0 saturated carbocycles. The third kappa shape index (κ3) is 3.86. The molecule has 0 saturated heterocycles. The summed E-state index contributed by atoms with van der Waals surface area (Å²) in [6.07, 6.45) is 0.805. The van der Waals surface area contributed by atoms with Crippen LogP contribution in [-0.2, 0) is 17.8 Å². The quantitative estimate of drug-likeness (QED) is 0.825. The Balaban J connectivity index is 1.81. The van der Waals surface area contributed by atoms with E-state index in [1.54, 1.807) is 11.9 Å². The lowest BCUT2D eigenvalue weighted by molar-refractivity contribution is -0.127. The molecule has 0 spiro atoms. The summed E-state index contributed by atoms with van der Waals surface area (Å²) in [7, 11) is 1.76. The minimum atomic E-state index is 0.0203. The highest BCUT2D eigenvalue weighted by atomic mass is 32.2. The molecule has 0 aromatic carbocycles. The average Bonchev–Trinajstić information content (AvgIpc) is 3.04. The van der Waals surface area contributed by atoms with Crippen LogP contribution in [0.5, 0.6) is 0 Å². The monoisotopic (exact) mass is 294 g/mol. The number of amides is 1. The van der Waals surface area contributed by atoms with E-state index in [9.17, 15) is 4.79 Å². The van der Waals surface area contributed by atoms with E-state index < -0.39 is 0 Å². The number of hydrogen-bond acceptors (Lipinski definition) is 5. The minimum Gasteiger partial charge on any atom is -0.464 e. The minimum absolute atomic E-state index is 0.0203. The molecule has 0 fully saturated rings. The second-order valence-electron chi connectivity index (χ2n) is 4.47. The SMILES string of the molecule is CCc1nc(SCC(=O)N(C)Cc2ccc(C)o2)n[nH]1. The summed E-state index contributed by atoms with van der Waals surface area (Å²) in [6, 6.07) is 3.78. The molecule has 2 aromatic rings. The Kier molecular flexibility index (Phi) is 4.84. The van der Waals surface area contributed by atoms with Crippen LogP contribution in [0.1, 0.15) is 24.3 Å². The maximum Gasteiger partial charge on any atom is 0.233 e. The maximum atomic E-state index is 12.0. The van der Waals surface area contributed by atoms with Gasteiger partial charge < -0.3 is 9.32 Å². The van der Waals surface area contributed by atoms with E-state index in [-0.39, 0.29) is 5.91 Å². The van der Waals surface area contributed by atoms with Crippen molar-refractivity contribution in [3.05, 3.63) is 29.5 Å². The number of nitrogens with one attached hydrogen (secondary N) is 1. The van der Waals surface area contributed by atoms with Crippen molar-refractivity contribution < 1.29 is 9.21 Å². The number of aryl methyl sites for hydroxylation is 2. The van der Waals surface area contributed by atoms with Crippen LogP contribution in [0.25, 0.3) is 0 Å². The van der Waals surface area contributed by atoms with Gasteiger partial charge in [0.2, 0.25) is 11.1 Å². The molecule has 0 aliphatic heterocycles. The van der Waals surface area contributed by atoms with E-state index >= 15 is 0 Å². The highest BCUT2D eigenvalue weighted by molar-refractivity contribution is 7.99. The zero-order chi connectivity index (χ0) is 14.5. The number of thioether (sulfide) groups is 1. The summed E-state index contributed by atoms with van der Waals surface area (Å²) >= 11 is 1.33. The number of carbonyl (C=O) groups excluding carboxylic acids is 1. The molecule has 0 radical (unpaired) electrons. The molecule has 0 bridgehead atoms. The first-order valence-electron chi connectivity index (χ1n) is 6.42. The topological polar surface area (TPSA) is 75.0 Å². The fourth-order valence-corrected chi connectivity index (χ4v) is 2.39. The van der Waals surface area contributed by atoms with Crippen LogP contribution in [0.3, 0.4) is 0 Å². The molecule has 6 nitrogen and oxygen atoms in total. The van der Waals surface area contributed by atoms with Crippen molar-refractivity contribution in [1.29, 1.82) is 0 Å². The molecule has 0 aliphatic rings. The number of rotatable bonds is 6. The fourth-order valence-electron chi connectivity index (χ4n) is 1.63. The van der Waals surface area contributed by atoms with Crippen LogP contribution in [0.4, 0.5) is 0 Å². The normalized spacial score (nSPS) is 10.8. The van der Waals surface area contributed by atoms with E-state index in [0.717, 1.165) is 23.8 Å². The molecular formula is C13H18N4O2S. The number of aromatic amines is 1.